The Bertz CT molecular complexity index is 436. The van der Waals surface area contributed by atoms with Crippen LogP contribution in [0.1, 0.15) is 43.4 Å². The Hall–Kier alpha value is -1.13. The van der Waals surface area contributed by atoms with Crippen molar-refractivity contribution in [2.45, 2.75) is 38.6 Å². The average molecular weight is 292 g/mol. The molecule has 0 bridgehead atoms. The van der Waals surface area contributed by atoms with Crippen LogP contribution in [0, 0.1) is 0 Å². The molecule has 1 atom stereocenters. The molecule has 2 rings (SSSR count). The van der Waals surface area contributed by atoms with E-state index in [9.17, 15) is 0 Å². The summed E-state index contributed by atoms with van der Waals surface area (Å²) >= 11 is 5.38. The van der Waals surface area contributed by atoms with Crippen LogP contribution in [0.3, 0.4) is 0 Å². The summed E-state index contributed by atoms with van der Waals surface area (Å²) in [6, 6.07) is 9.01. The van der Waals surface area contributed by atoms with Gasteiger partial charge in [0.05, 0.1) is 6.04 Å². The summed E-state index contributed by atoms with van der Waals surface area (Å²) in [5.74, 6) is 0. The lowest BCUT2D eigenvalue weighted by Gasteiger charge is -2.27. The Morgan fingerprint density at radius 3 is 3.10 bits per heavy atom. The van der Waals surface area contributed by atoms with E-state index in [1.807, 2.05) is 6.92 Å². The number of aryl methyl sites for hydroxylation is 1. The Kier molecular flexibility index (Phi) is 6.27. The normalized spacial score (nSPS) is 17.4. The zero-order valence-corrected chi connectivity index (χ0v) is 13.0. The van der Waals surface area contributed by atoms with Gasteiger partial charge in [0.25, 0.3) is 0 Å². The molecule has 20 heavy (non-hydrogen) atoms. The summed E-state index contributed by atoms with van der Waals surface area (Å²) in [6.45, 7) is 4.44. The van der Waals surface area contributed by atoms with Gasteiger partial charge in [-0.1, -0.05) is 24.3 Å². The molecule has 0 aromatic heterocycles. The third-order valence-electron chi connectivity index (χ3n) is 3.63. The molecular weight excluding hydrogens is 268 g/mol. The number of nitrogens with one attached hydrogen (secondary N) is 2. The Morgan fingerprint density at radius 1 is 1.40 bits per heavy atom. The van der Waals surface area contributed by atoms with Gasteiger partial charge in [0.2, 0.25) is 0 Å². The molecule has 0 saturated heterocycles. The average Bonchev–Trinajstić information content (AvgIpc) is 2.47. The predicted molar refractivity (Wildman–Crippen MR) is 87.0 cm³/mol. The van der Waals surface area contributed by atoms with Crippen molar-refractivity contribution in [3.05, 3.63) is 35.4 Å². The molecule has 1 aliphatic carbocycles. The molecule has 110 valence electrons. The minimum Gasteiger partial charge on any atom is -0.382 e. The highest BCUT2D eigenvalue weighted by Gasteiger charge is 2.19. The lowest BCUT2D eigenvalue weighted by atomic mass is 9.88. The predicted octanol–water partition coefficient (Wildman–Crippen LogP) is 2.95. The fourth-order valence-electron chi connectivity index (χ4n) is 2.63. The lowest BCUT2D eigenvalue weighted by molar-refractivity contribution is 0.145. The van der Waals surface area contributed by atoms with Crippen LogP contribution in [-0.4, -0.2) is 24.9 Å². The zero-order valence-electron chi connectivity index (χ0n) is 12.2. The first-order valence-electron chi connectivity index (χ1n) is 7.51. The fourth-order valence-corrected chi connectivity index (χ4v) is 2.88. The highest BCUT2D eigenvalue weighted by Crippen LogP contribution is 2.29. The second-order valence-electron chi connectivity index (χ2n) is 5.09. The van der Waals surface area contributed by atoms with E-state index in [4.69, 9.17) is 17.0 Å². The van der Waals surface area contributed by atoms with Crippen LogP contribution in [0.2, 0.25) is 0 Å². The largest absolute Gasteiger partial charge is 0.382 e. The molecule has 0 saturated carbocycles. The van der Waals surface area contributed by atoms with Gasteiger partial charge in [0.1, 0.15) is 0 Å². The number of hydrogen-bond acceptors (Lipinski definition) is 2. The molecule has 0 spiro atoms. The summed E-state index contributed by atoms with van der Waals surface area (Å²) in [7, 11) is 0. The maximum atomic E-state index is 5.38. The Morgan fingerprint density at radius 2 is 2.25 bits per heavy atom. The first-order valence-corrected chi connectivity index (χ1v) is 7.92. The summed E-state index contributed by atoms with van der Waals surface area (Å²) in [6.07, 6.45) is 4.54. The summed E-state index contributed by atoms with van der Waals surface area (Å²) in [4.78, 5) is 0. The van der Waals surface area contributed by atoms with Crippen molar-refractivity contribution in [1.82, 2.24) is 10.6 Å². The second-order valence-corrected chi connectivity index (χ2v) is 5.50. The molecule has 4 heteroatoms. The molecule has 0 aliphatic heterocycles. The molecule has 3 nitrogen and oxygen atoms in total. The minimum atomic E-state index is 0.354. The van der Waals surface area contributed by atoms with Crippen LogP contribution < -0.4 is 10.6 Å². The van der Waals surface area contributed by atoms with Gasteiger partial charge in [-0.05, 0) is 56.0 Å². The van der Waals surface area contributed by atoms with Crippen molar-refractivity contribution in [2.24, 2.45) is 0 Å². The minimum absolute atomic E-state index is 0.354. The first kappa shape index (κ1) is 15.3. The second kappa shape index (κ2) is 8.22. The van der Waals surface area contributed by atoms with Gasteiger partial charge < -0.3 is 15.4 Å². The van der Waals surface area contributed by atoms with Crippen LogP contribution in [0.15, 0.2) is 24.3 Å². The van der Waals surface area contributed by atoms with Crippen molar-refractivity contribution in [1.29, 1.82) is 0 Å². The maximum Gasteiger partial charge on any atom is 0.166 e. The van der Waals surface area contributed by atoms with E-state index in [1.54, 1.807) is 0 Å². The summed E-state index contributed by atoms with van der Waals surface area (Å²) in [5.41, 5.74) is 2.85. The van der Waals surface area contributed by atoms with Gasteiger partial charge in [0.15, 0.2) is 5.11 Å². The van der Waals surface area contributed by atoms with Crippen LogP contribution in [0.25, 0.3) is 0 Å². The lowest BCUT2D eigenvalue weighted by Crippen LogP contribution is -2.39. The molecule has 0 fully saturated rings. The summed E-state index contributed by atoms with van der Waals surface area (Å²) in [5, 5.41) is 7.46. The topological polar surface area (TPSA) is 33.3 Å². The summed E-state index contributed by atoms with van der Waals surface area (Å²) < 4.78 is 5.31. The number of fused-ring (bicyclic) bond motifs is 1. The zero-order chi connectivity index (χ0) is 14.2. The molecule has 0 radical (unpaired) electrons. The first-order chi connectivity index (χ1) is 9.81. The molecular formula is C16H24N2OS. The number of rotatable bonds is 6. The monoisotopic (exact) mass is 292 g/mol. The van der Waals surface area contributed by atoms with Gasteiger partial charge in [0, 0.05) is 19.8 Å². The van der Waals surface area contributed by atoms with E-state index >= 15 is 0 Å². The van der Waals surface area contributed by atoms with Crippen LogP contribution >= 0.6 is 12.2 Å². The number of thiocarbonyl (C=S) groups is 1. The third kappa shape index (κ3) is 4.46. The van der Waals surface area contributed by atoms with Crippen molar-refractivity contribution in [2.75, 3.05) is 19.8 Å². The fraction of sp³-hybridized carbons (Fsp3) is 0.562. The van der Waals surface area contributed by atoms with Crippen molar-refractivity contribution in [3.63, 3.8) is 0 Å². The third-order valence-corrected chi connectivity index (χ3v) is 3.89. The van der Waals surface area contributed by atoms with Crippen molar-refractivity contribution < 1.29 is 4.74 Å². The quantitative estimate of drug-likeness (QED) is 0.624. The Labute approximate surface area is 127 Å². The van der Waals surface area contributed by atoms with E-state index in [0.717, 1.165) is 37.7 Å². The van der Waals surface area contributed by atoms with Gasteiger partial charge in [-0.25, -0.2) is 0 Å². The van der Waals surface area contributed by atoms with Crippen molar-refractivity contribution in [3.8, 4) is 0 Å². The van der Waals surface area contributed by atoms with Crippen LogP contribution in [0.4, 0.5) is 0 Å². The molecule has 1 unspecified atom stereocenters. The molecule has 2 N–H and O–H groups in total. The van der Waals surface area contributed by atoms with Gasteiger partial charge in [-0.3, -0.25) is 0 Å². The van der Waals surface area contributed by atoms with Gasteiger partial charge >= 0.3 is 0 Å². The van der Waals surface area contributed by atoms with Crippen LogP contribution in [-0.2, 0) is 11.2 Å². The highest BCUT2D eigenvalue weighted by molar-refractivity contribution is 7.80. The van der Waals surface area contributed by atoms with Crippen molar-refractivity contribution >= 4 is 17.3 Å². The van der Waals surface area contributed by atoms with E-state index in [1.165, 1.54) is 24.0 Å². The van der Waals surface area contributed by atoms with E-state index in [0.29, 0.717) is 6.04 Å². The molecule has 1 aromatic rings. The number of hydrogen-bond donors (Lipinski definition) is 2. The standard InChI is InChI=1S/C16H24N2OS/c1-2-19-12-6-11-17-16(20)18-15-10-5-8-13-7-3-4-9-14(13)15/h3-4,7,9,15H,2,5-6,8,10-12H2,1H3,(H2,17,18,20). The Balaban J connectivity index is 1.78. The maximum absolute atomic E-state index is 5.38. The van der Waals surface area contributed by atoms with E-state index in [2.05, 4.69) is 34.9 Å². The number of benzene rings is 1. The smallest absolute Gasteiger partial charge is 0.166 e. The van der Waals surface area contributed by atoms with Crippen LogP contribution in [0.5, 0.6) is 0 Å². The van der Waals surface area contributed by atoms with E-state index < -0.39 is 0 Å². The van der Waals surface area contributed by atoms with Gasteiger partial charge in [-0.2, -0.15) is 0 Å². The molecule has 0 heterocycles. The molecule has 0 amide bonds. The highest BCUT2D eigenvalue weighted by atomic mass is 32.1. The SMILES string of the molecule is CCOCCCNC(=S)NC1CCCc2ccccc21. The van der Waals surface area contributed by atoms with E-state index in [-0.39, 0.29) is 0 Å². The molecule has 1 aliphatic rings. The van der Waals surface area contributed by atoms with Gasteiger partial charge in [-0.15, -0.1) is 0 Å². The number of ether oxygens (including phenoxy) is 1. The molecule has 1 aromatic carbocycles.